The molecule has 0 spiro atoms. The largest absolute Gasteiger partial charge is 0.452 e. The molecule has 1 unspecified atom stereocenters. The smallest absolute Gasteiger partial charge is 0.421 e. The summed E-state index contributed by atoms with van der Waals surface area (Å²) >= 11 is 0. The zero-order valence-corrected chi connectivity index (χ0v) is 11.2. The number of hydrogen-bond acceptors (Lipinski definition) is 5. The minimum absolute atomic E-state index is 0.0227. The van der Waals surface area contributed by atoms with Crippen LogP contribution in [0.25, 0.3) is 0 Å². The van der Waals surface area contributed by atoms with Crippen LogP contribution >= 0.6 is 0 Å². The van der Waals surface area contributed by atoms with Crippen LogP contribution in [-0.4, -0.2) is 51.1 Å². The molecule has 0 aromatic carbocycles. The van der Waals surface area contributed by atoms with Crippen LogP contribution in [0.5, 0.6) is 0 Å². The molecule has 1 saturated heterocycles. The van der Waals surface area contributed by atoms with Gasteiger partial charge in [0.05, 0.1) is 7.11 Å². The van der Waals surface area contributed by atoms with Crippen LogP contribution in [0.2, 0.25) is 0 Å². The fourth-order valence-corrected chi connectivity index (χ4v) is 3.53. The zero-order valence-electron chi connectivity index (χ0n) is 10.4. The van der Waals surface area contributed by atoms with Gasteiger partial charge in [0, 0.05) is 18.6 Å². The molecule has 1 amide bonds. The van der Waals surface area contributed by atoms with E-state index in [9.17, 15) is 13.2 Å². The molecular formula is C10H19N3O4S. The highest BCUT2D eigenvalue weighted by atomic mass is 32.2. The third-order valence-corrected chi connectivity index (χ3v) is 4.71. The lowest BCUT2D eigenvalue weighted by atomic mass is 10.2. The van der Waals surface area contributed by atoms with Crippen LogP contribution in [0.4, 0.5) is 4.79 Å². The van der Waals surface area contributed by atoms with Crippen molar-refractivity contribution < 1.29 is 17.9 Å². The highest BCUT2D eigenvalue weighted by Crippen LogP contribution is 2.29. The fraction of sp³-hybridized carbons (Fsp3) is 0.900. The van der Waals surface area contributed by atoms with Crippen LogP contribution < -0.4 is 10.0 Å². The van der Waals surface area contributed by atoms with Crippen molar-refractivity contribution in [1.82, 2.24) is 14.3 Å². The summed E-state index contributed by atoms with van der Waals surface area (Å²) in [6, 6.07) is 0.203. The van der Waals surface area contributed by atoms with E-state index in [0.717, 1.165) is 39.3 Å². The van der Waals surface area contributed by atoms with Crippen molar-refractivity contribution in [3.8, 4) is 0 Å². The fourth-order valence-electron chi connectivity index (χ4n) is 2.14. The summed E-state index contributed by atoms with van der Waals surface area (Å²) in [7, 11) is -2.65. The third kappa shape index (κ3) is 3.33. The highest BCUT2D eigenvalue weighted by Gasteiger charge is 2.39. The molecule has 0 aromatic rings. The van der Waals surface area contributed by atoms with Crippen LogP contribution in [-0.2, 0) is 14.9 Å². The number of nitrogens with zero attached hydrogens (tertiary/aromatic N) is 1. The van der Waals surface area contributed by atoms with Crippen LogP contribution in [0.3, 0.4) is 0 Å². The van der Waals surface area contributed by atoms with Gasteiger partial charge in [0.15, 0.2) is 0 Å². The van der Waals surface area contributed by atoms with Crippen molar-refractivity contribution in [2.24, 2.45) is 0 Å². The molecule has 1 heterocycles. The third-order valence-electron chi connectivity index (χ3n) is 3.22. The minimum Gasteiger partial charge on any atom is -0.452 e. The highest BCUT2D eigenvalue weighted by molar-refractivity contribution is 7.87. The molecule has 18 heavy (non-hydrogen) atoms. The van der Waals surface area contributed by atoms with Crippen molar-refractivity contribution in [2.75, 3.05) is 20.2 Å². The Bertz CT molecular complexity index is 401. The second kappa shape index (κ2) is 5.41. The van der Waals surface area contributed by atoms with Crippen molar-refractivity contribution in [2.45, 2.75) is 37.8 Å². The van der Waals surface area contributed by atoms with Gasteiger partial charge in [-0.05, 0) is 32.2 Å². The molecule has 0 bridgehead atoms. The minimum atomic E-state index is -3.79. The maximum absolute atomic E-state index is 12.1. The lowest BCUT2D eigenvalue weighted by Crippen LogP contribution is -2.49. The van der Waals surface area contributed by atoms with Gasteiger partial charge < -0.3 is 10.1 Å². The maximum atomic E-state index is 12.1. The standard InChI is InChI=1S/C10H19N3O4S/c1-17-10(14)12-18(15,16)13(9-4-5-9)7-8-3-2-6-11-8/h8-9,11H,2-7H2,1H3,(H,12,14). The first-order valence-corrected chi connectivity index (χ1v) is 7.58. The molecular weight excluding hydrogens is 258 g/mol. The van der Waals surface area contributed by atoms with Crippen LogP contribution in [0, 0.1) is 0 Å². The Morgan fingerprint density at radius 3 is 2.67 bits per heavy atom. The van der Waals surface area contributed by atoms with Crippen molar-refractivity contribution in [3.63, 3.8) is 0 Å². The second-order valence-corrected chi connectivity index (χ2v) is 6.32. The molecule has 8 heteroatoms. The number of amides is 1. The predicted molar refractivity (Wildman–Crippen MR) is 65.2 cm³/mol. The average molecular weight is 277 g/mol. The summed E-state index contributed by atoms with van der Waals surface area (Å²) in [6.07, 6.45) is 2.80. The van der Waals surface area contributed by atoms with E-state index >= 15 is 0 Å². The summed E-state index contributed by atoms with van der Waals surface area (Å²) in [6.45, 7) is 1.34. The Morgan fingerprint density at radius 1 is 1.44 bits per heavy atom. The van der Waals surface area contributed by atoms with E-state index in [1.165, 1.54) is 4.31 Å². The monoisotopic (exact) mass is 277 g/mol. The first-order valence-electron chi connectivity index (χ1n) is 6.14. The van der Waals surface area contributed by atoms with Crippen LogP contribution in [0.1, 0.15) is 25.7 Å². The Kier molecular flexibility index (Phi) is 4.08. The van der Waals surface area contributed by atoms with Gasteiger partial charge in [0.2, 0.25) is 0 Å². The number of hydrogen-bond donors (Lipinski definition) is 2. The van der Waals surface area contributed by atoms with Crippen molar-refractivity contribution >= 4 is 16.3 Å². The molecule has 2 N–H and O–H groups in total. The summed E-state index contributed by atoms with van der Waals surface area (Å²) in [5.74, 6) is 0. The molecule has 1 aliphatic heterocycles. The Hall–Kier alpha value is -0.860. The molecule has 2 fully saturated rings. The quantitative estimate of drug-likeness (QED) is 0.727. The number of carbonyl (C=O) groups is 1. The lowest BCUT2D eigenvalue weighted by molar-refractivity contribution is 0.176. The van der Waals surface area contributed by atoms with E-state index in [4.69, 9.17) is 0 Å². The SMILES string of the molecule is COC(=O)NS(=O)(=O)N(CC1CCCN1)C1CC1. The first-order chi connectivity index (χ1) is 8.53. The van der Waals surface area contributed by atoms with Gasteiger partial charge in [-0.25, -0.2) is 9.52 Å². The van der Waals surface area contributed by atoms with E-state index in [-0.39, 0.29) is 12.1 Å². The Morgan fingerprint density at radius 2 is 2.17 bits per heavy atom. The molecule has 7 nitrogen and oxygen atoms in total. The van der Waals surface area contributed by atoms with Gasteiger partial charge in [-0.3, -0.25) is 0 Å². The summed E-state index contributed by atoms with van der Waals surface area (Å²) in [5, 5.41) is 3.26. The first kappa shape index (κ1) is 13.6. The zero-order chi connectivity index (χ0) is 13.2. The number of methoxy groups -OCH3 is 1. The molecule has 104 valence electrons. The summed E-state index contributed by atoms with van der Waals surface area (Å²) < 4.78 is 31.7. The second-order valence-electron chi connectivity index (χ2n) is 4.69. The van der Waals surface area contributed by atoms with E-state index in [1.54, 1.807) is 0 Å². The van der Waals surface area contributed by atoms with Gasteiger partial charge in [-0.2, -0.15) is 12.7 Å². The van der Waals surface area contributed by atoms with E-state index in [2.05, 4.69) is 10.1 Å². The number of carbonyl (C=O) groups excluding carboxylic acids is 1. The van der Waals surface area contributed by atoms with Gasteiger partial charge in [-0.15, -0.1) is 0 Å². The van der Waals surface area contributed by atoms with Gasteiger partial charge in [-0.1, -0.05) is 0 Å². The molecule has 0 radical (unpaired) electrons. The molecule has 1 atom stereocenters. The summed E-state index contributed by atoms with van der Waals surface area (Å²) in [5.41, 5.74) is 0. The molecule has 2 rings (SSSR count). The van der Waals surface area contributed by atoms with E-state index in [1.807, 2.05) is 4.72 Å². The lowest BCUT2D eigenvalue weighted by Gasteiger charge is -2.24. The van der Waals surface area contributed by atoms with E-state index in [0.29, 0.717) is 6.54 Å². The van der Waals surface area contributed by atoms with Crippen molar-refractivity contribution in [3.05, 3.63) is 0 Å². The van der Waals surface area contributed by atoms with Crippen molar-refractivity contribution in [1.29, 1.82) is 0 Å². The molecule has 1 saturated carbocycles. The Labute approximate surface area is 107 Å². The van der Waals surface area contributed by atoms with Gasteiger partial charge >= 0.3 is 16.3 Å². The predicted octanol–water partition coefficient (Wildman–Crippen LogP) is -0.196. The molecule has 0 aromatic heterocycles. The van der Waals surface area contributed by atoms with E-state index < -0.39 is 16.3 Å². The number of rotatable bonds is 5. The Balaban J connectivity index is 2.01. The summed E-state index contributed by atoms with van der Waals surface area (Å²) in [4.78, 5) is 11.1. The maximum Gasteiger partial charge on any atom is 0.421 e. The number of nitrogens with one attached hydrogen (secondary N) is 2. The van der Waals surface area contributed by atoms with Gasteiger partial charge in [0.25, 0.3) is 0 Å². The van der Waals surface area contributed by atoms with Gasteiger partial charge in [0.1, 0.15) is 0 Å². The average Bonchev–Trinajstić information content (AvgIpc) is 3.02. The molecule has 1 aliphatic carbocycles. The topological polar surface area (TPSA) is 87.7 Å². The number of ether oxygens (including phenoxy) is 1. The molecule has 2 aliphatic rings. The van der Waals surface area contributed by atoms with Crippen LogP contribution in [0.15, 0.2) is 0 Å². The normalized spacial score (nSPS) is 24.2.